The van der Waals surface area contributed by atoms with Crippen molar-refractivity contribution in [1.82, 2.24) is 34.3 Å². The summed E-state index contributed by atoms with van der Waals surface area (Å²) in [5.74, 6) is -0.224. The number of carbonyl (C=O) groups is 1. The summed E-state index contributed by atoms with van der Waals surface area (Å²) in [7, 11) is -3.91. The molecule has 4 heterocycles. The molecule has 0 saturated carbocycles. The Morgan fingerprint density at radius 1 is 1.08 bits per heavy atom. The molecule has 12 heteroatoms. The minimum absolute atomic E-state index is 0.0308. The molecule has 6 rings (SSSR count). The second-order valence-electron chi connectivity index (χ2n) is 13.0. The first-order chi connectivity index (χ1) is 22.9. The highest BCUT2D eigenvalue weighted by Gasteiger charge is 2.40. The number of hydrogen-bond donors (Lipinski definition) is 0. The number of aryl methyl sites for hydroxylation is 3. The number of pyridine rings is 1. The highest BCUT2D eigenvalue weighted by Crippen LogP contribution is 2.45. The molecule has 0 bridgehead atoms. The summed E-state index contributed by atoms with van der Waals surface area (Å²) in [5, 5.41) is 8.86. The number of hydrogen-bond acceptors (Lipinski definition) is 9. The zero-order valence-corrected chi connectivity index (χ0v) is 29.0. The van der Waals surface area contributed by atoms with Gasteiger partial charge in [0.1, 0.15) is 28.6 Å². The third-order valence-corrected chi connectivity index (χ3v) is 11.4. The van der Waals surface area contributed by atoms with E-state index in [2.05, 4.69) is 37.4 Å². The van der Waals surface area contributed by atoms with Crippen molar-refractivity contribution >= 4 is 26.8 Å². The maximum atomic E-state index is 14.2. The van der Waals surface area contributed by atoms with Crippen LogP contribution in [0.25, 0.3) is 11.0 Å². The van der Waals surface area contributed by atoms with Crippen LogP contribution >= 0.6 is 0 Å². The Labute approximate surface area is 281 Å². The van der Waals surface area contributed by atoms with Gasteiger partial charge in [-0.3, -0.25) is 4.79 Å². The predicted molar refractivity (Wildman–Crippen MR) is 182 cm³/mol. The average molecular weight is 668 g/mol. The van der Waals surface area contributed by atoms with Crippen molar-refractivity contribution in [3.05, 3.63) is 101 Å². The molecule has 1 aliphatic heterocycles. The summed E-state index contributed by atoms with van der Waals surface area (Å²) in [4.78, 5) is 26.8. The monoisotopic (exact) mass is 667 g/mol. The molecule has 2 atom stereocenters. The first-order valence-corrected chi connectivity index (χ1v) is 17.7. The normalized spacial score (nSPS) is 17.0. The van der Waals surface area contributed by atoms with Crippen LogP contribution in [-0.4, -0.2) is 61.1 Å². The van der Waals surface area contributed by atoms with E-state index in [1.54, 1.807) is 30.7 Å². The molecule has 0 radical (unpaired) electrons. The number of rotatable bonds is 10. The van der Waals surface area contributed by atoms with Gasteiger partial charge in [0.15, 0.2) is 0 Å². The number of fused-ring (bicyclic) bond motifs is 2. The van der Waals surface area contributed by atoms with Crippen LogP contribution in [0.1, 0.15) is 73.4 Å². The van der Waals surface area contributed by atoms with Crippen molar-refractivity contribution in [1.29, 1.82) is 0 Å². The van der Waals surface area contributed by atoms with Crippen LogP contribution in [0.4, 0.5) is 0 Å². The van der Waals surface area contributed by atoms with Crippen LogP contribution in [0.3, 0.4) is 0 Å². The molecule has 0 amide bonds. The lowest BCUT2D eigenvalue weighted by Crippen LogP contribution is -2.37. The molecule has 0 spiro atoms. The van der Waals surface area contributed by atoms with E-state index in [0.717, 1.165) is 44.4 Å². The van der Waals surface area contributed by atoms with E-state index in [1.165, 1.54) is 10.6 Å². The smallest absolute Gasteiger partial charge is 0.248 e. The lowest BCUT2D eigenvalue weighted by Gasteiger charge is -2.35. The number of ether oxygens (including phenoxy) is 1. The molecule has 0 fully saturated rings. The highest BCUT2D eigenvalue weighted by molar-refractivity contribution is 7.89. The Balaban J connectivity index is 1.46. The van der Waals surface area contributed by atoms with E-state index in [1.807, 2.05) is 64.4 Å². The summed E-state index contributed by atoms with van der Waals surface area (Å²) in [5.41, 5.74) is 6.19. The number of carbonyl (C=O) groups excluding carboxylic acids is 1. The van der Waals surface area contributed by atoms with Gasteiger partial charge in [0.25, 0.3) is 0 Å². The number of sulfonamides is 1. The van der Waals surface area contributed by atoms with E-state index < -0.39 is 15.4 Å². The lowest BCUT2D eigenvalue weighted by molar-refractivity contribution is -0.127. The third kappa shape index (κ3) is 6.10. The number of aromatic nitrogens is 6. The minimum Gasteiger partial charge on any atom is -0.472 e. The number of Topliss-reactive ketones (excluding diaryl/α,β-unsaturated/α-hetero) is 1. The van der Waals surface area contributed by atoms with Gasteiger partial charge >= 0.3 is 0 Å². The van der Waals surface area contributed by atoms with Gasteiger partial charge in [-0.05, 0) is 78.8 Å². The number of ketones is 1. The van der Waals surface area contributed by atoms with Gasteiger partial charge in [0, 0.05) is 49.4 Å². The van der Waals surface area contributed by atoms with Gasteiger partial charge in [0.05, 0.1) is 12.1 Å². The molecule has 2 aromatic carbocycles. The standard InChI is InChI=1S/C36H41N7O4S/c1-7-28-21-42(48(45,46)31-10-9-15-39-35(31)47-28)20-27-17-26(12-11-23(27)3)33(36(5,6)32(44)16-25-18-37-22-38-19-25)29-13-14-30-34(24(29)4)40-41-43(30)8-2/h9-15,17-19,22,28,33H,7-8,16,20-21H2,1-6H3/t28-,33+/m1/s1. The summed E-state index contributed by atoms with van der Waals surface area (Å²) in [6.07, 6.45) is 6.78. The van der Waals surface area contributed by atoms with Gasteiger partial charge in [0.2, 0.25) is 15.9 Å². The van der Waals surface area contributed by atoms with Crippen molar-refractivity contribution in [2.45, 2.75) is 84.4 Å². The van der Waals surface area contributed by atoms with E-state index in [-0.39, 0.29) is 48.1 Å². The van der Waals surface area contributed by atoms with Crippen LogP contribution in [0.15, 0.2) is 72.3 Å². The SMILES string of the molecule is CC[C@@H]1CN(Cc2cc([C@@H](c3ccc4c(nnn4CC)c3C)C(C)(C)C(=O)Cc3cncnc3)ccc2C)S(=O)(=O)c2cccnc2O1. The Hall–Kier alpha value is -4.55. The van der Waals surface area contributed by atoms with Crippen LogP contribution in [0.5, 0.6) is 5.88 Å². The fourth-order valence-corrected chi connectivity index (χ4v) is 8.14. The molecule has 0 saturated heterocycles. The predicted octanol–water partition coefficient (Wildman–Crippen LogP) is 5.58. The first-order valence-electron chi connectivity index (χ1n) is 16.3. The van der Waals surface area contributed by atoms with Crippen molar-refractivity contribution in [3.8, 4) is 5.88 Å². The van der Waals surface area contributed by atoms with Crippen LogP contribution in [0.2, 0.25) is 0 Å². The molecule has 48 heavy (non-hydrogen) atoms. The molecule has 0 aliphatic carbocycles. The van der Waals surface area contributed by atoms with Gasteiger partial charge in [-0.15, -0.1) is 5.10 Å². The quantitative estimate of drug-likeness (QED) is 0.187. The van der Waals surface area contributed by atoms with Crippen LogP contribution < -0.4 is 4.74 Å². The van der Waals surface area contributed by atoms with E-state index in [4.69, 9.17) is 4.74 Å². The van der Waals surface area contributed by atoms with Crippen molar-refractivity contribution < 1.29 is 17.9 Å². The first kappa shape index (κ1) is 33.4. The average Bonchev–Trinajstić information content (AvgIpc) is 3.46. The second-order valence-corrected chi connectivity index (χ2v) is 14.9. The van der Waals surface area contributed by atoms with Gasteiger partial charge < -0.3 is 4.74 Å². The molecule has 0 N–H and O–H groups in total. The maximum Gasteiger partial charge on any atom is 0.248 e. The van der Waals surface area contributed by atoms with Crippen molar-refractivity contribution in [2.24, 2.45) is 5.41 Å². The van der Waals surface area contributed by atoms with Crippen LogP contribution in [0, 0.1) is 19.3 Å². The molecule has 1 aliphatic rings. The summed E-state index contributed by atoms with van der Waals surface area (Å²) < 4.78 is 37.4. The van der Waals surface area contributed by atoms with Crippen molar-refractivity contribution in [2.75, 3.05) is 6.54 Å². The zero-order chi connectivity index (χ0) is 34.2. The van der Waals surface area contributed by atoms with Crippen molar-refractivity contribution in [3.63, 3.8) is 0 Å². The fourth-order valence-electron chi connectivity index (χ4n) is 6.62. The summed E-state index contributed by atoms with van der Waals surface area (Å²) in [6.45, 7) is 13.0. The largest absolute Gasteiger partial charge is 0.472 e. The lowest BCUT2D eigenvalue weighted by atomic mass is 9.66. The molecule has 11 nitrogen and oxygen atoms in total. The molecule has 0 unspecified atom stereocenters. The Bertz CT molecular complexity index is 2080. The third-order valence-electron chi connectivity index (χ3n) is 9.56. The number of benzene rings is 2. The molecular weight excluding hydrogens is 627 g/mol. The van der Waals surface area contributed by atoms with E-state index in [0.29, 0.717) is 13.0 Å². The molecule has 5 aromatic rings. The molecular formula is C36H41N7O4S. The van der Waals surface area contributed by atoms with E-state index >= 15 is 0 Å². The van der Waals surface area contributed by atoms with E-state index in [9.17, 15) is 13.2 Å². The molecule has 250 valence electrons. The summed E-state index contributed by atoms with van der Waals surface area (Å²) >= 11 is 0. The Morgan fingerprint density at radius 2 is 1.85 bits per heavy atom. The highest BCUT2D eigenvalue weighted by atomic mass is 32.2. The molecule has 3 aromatic heterocycles. The fraction of sp³-hybridized carbons (Fsp3) is 0.389. The minimum atomic E-state index is -3.91. The second kappa shape index (κ2) is 13.2. The maximum absolute atomic E-state index is 14.2. The van der Waals surface area contributed by atoms with Crippen LogP contribution in [-0.2, 0) is 34.3 Å². The van der Waals surface area contributed by atoms with Gasteiger partial charge in [-0.2, -0.15) is 4.31 Å². The van der Waals surface area contributed by atoms with Gasteiger partial charge in [-0.1, -0.05) is 50.3 Å². The zero-order valence-electron chi connectivity index (χ0n) is 28.2. The topological polar surface area (TPSA) is 133 Å². The number of nitrogens with zero attached hydrogens (tertiary/aromatic N) is 7. The Kier molecular flexibility index (Phi) is 9.14. The van der Waals surface area contributed by atoms with Gasteiger partial charge in [-0.25, -0.2) is 28.1 Å². The summed E-state index contributed by atoms with van der Waals surface area (Å²) in [6, 6.07) is 13.4. The Morgan fingerprint density at radius 3 is 2.58 bits per heavy atom.